The smallest absolute Gasteiger partial charge is 0.312 e. The van der Waals surface area contributed by atoms with Gasteiger partial charge in [0.25, 0.3) is 0 Å². The molecule has 1 unspecified atom stereocenters. The lowest BCUT2D eigenvalue weighted by atomic mass is 9.94. The van der Waals surface area contributed by atoms with E-state index in [-0.39, 0.29) is 11.8 Å². The SMILES string of the molecule is CC(C)(C)C(=O)N1CCCC1C(=O)N1CCN(C(=O)C(=O)N2CCOCC2)CC1. The average Bonchev–Trinajstić information content (AvgIpc) is 3.21. The monoisotopic (exact) mass is 408 g/mol. The van der Waals surface area contributed by atoms with Crippen molar-refractivity contribution in [3.8, 4) is 0 Å². The van der Waals surface area contributed by atoms with Gasteiger partial charge in [-0.2, -0.15) is 0 Å². The molecule has 3 aliphatic heterocycles. The van der Waals surface area contributed by atoms with Gasteiger partial charge in [0, 0.05) is 51.2 Å². The number of nitrogens with zero attached hydrogens (tertiary/aromatic N) is 4. The van der Waals surface area contributed by atoms with Crippen LogP contribution >= 0.6 is 0 Å². The summed E-state index contributed by atoms with van der Waals surface area (Å²) in [7, 11) is 0. The zero-order valence-corrected chi connectivity index (χ0v) is 17.7. The Bertz CT molecular complexity index is 660. The van der Waals surface area contributed by atoms with Crippen LogP contribution in [0.2, 0.25) is 0 Å². The molecule has 0 aliphatic carbocycles. The number of rotatable bonds is 1. The second-order valence-electron chi connectivity index (χ2n) is 8.93. The maximum atomic E-state index is 13.0. The molecule has 3 heterocycles. The number of ether oxygens (including phenoxy) is 1. The van der Waals surface area contributed by atoms with E-state index in [1.165, 1.54) is 9.80 Å². The molecule has 4 amide bonds. The number of piperazine rings is 1. The Kier molecular flexibility index (Phi) is 6.45. The number of hydrogen-bond acceptors (Lipinski definition) is 5. The Balaban J connectivity index is 1.54. The quantitative estimate of drug-likeness (QED) is 0.549. The first-order valence-electron chi connectivity index (χ1n) is 10.5. The highest BCUT2D eigenvalue weighted by Crippen LogP contribution is 2.26. The largest absolute Gasteiger partial charge is 0.378 e. The van der Waals surface area contributed by atoms with Gasteiger partial charge in [0.05, 0.1) is 13.2 Å². The molecule has 0 aromatic heterocycles. The highest BCUT2D eigenvalue weighted by molar-refractivity contribution is 6.34. The first-order valence-corrected chi connectivity index (χ1v) is 10.5. The molecule has 29 heavy (non-hydrogen) atoms. The molecular formula is C20H32N4O5. The van der Waals surface area contributed by atoms with Gasteiger partial charge < -0.3 is 24.3 Å². The van der Waals surface area contributed by atoms with Crippen LogP contribution in [0.15, 0.2) is 0 Å². The lowest BCUT2D eigenvalue weighted by molar-refractivity contribution is -0.156. The van der Waals surface area contributed by atoms with Crippen molar-refractivity contribution in [2.75, 3.05) is 59.0 Å². The maximum absolute atomic E-state index is 13.0. The van der Waals surface area contributed by atoms with Gasteiger partial charge in [-0.15, -0.1) is 0 Å². The highest BCUT2D eigenvalue weighted by Gasteiger charge is 2.41. The molecule has 0 aromatic carbocycles. The van der Waals surface area contributed by atoms with Gasteiger partial charge in [-0.25, -0.2) is 0 Å². The summed E-state index contributed by atoms with van der Waals surface area (Å²) in [5.74, 6) is -1.06. The molecule has 0 aromatic rings. The van der Waals surface area contributed by atoms with Crippen molar-refractivity contribution in [3.63, 3.8) is 0 Å². The van der Waals surface area contributed by atoms with E-state index in [1.54, 1.807) is 9.80 Å². The van der Waals surface area contributed by atoms with Crippen LogP contribution in [0.25, 0.3) is 0 Å². The van der Waals surface area contributed by atoms with Crippen LogP contribution in [0, 0.1) is 5.41 Å². The summed E-state index contributed by atoms with van der Waals surface area (Å²) >= 11 is 0. The second kappa shape index (κ2) is 8.69. The minimum Gasteiger partial charge on any atom is -0.378 e. The maximum Gasteiger partial charge on any atom is 0.312 e. The molecule has 0 bridgehead atoms. The zero-order valence-electron chi connectivity index (χ0n) is 17.7. The first kappa shape index (κ1) is 21.5. The van der Waals surface area contributed by atoms with Gasteiger partial charge in [-0.3, -0.25) is 19.2 Å². The Morgan fingerprint density at radius 3 is 1.83 bits per heavy atom. The highest BCUT2D eigenvalue weighted by atomic mass is 16.5. The van der Waals surface area contributed by atoms with Gasteiger partial charge in [-0.05, 0) is 12.8 Å². The fraction of sp³-hybridized carbons (Fsp3) is 0.800. The Morgan fingerprint density at radius 1 is 0.759 bits per heavy atom. The number of likely N-dealkylation sites (tertiary alicyclic amines) is 1. The van der Waals surface area contributed by atoms with Gasteiger partial charge in [-0.1, -0.05) is 20.8 Å². The van der Waals surface area contributed by atoms with Crippen molar-refractivity contribution < 1.29 is 23.9 Å². The van der Waals surface area contributed by atoms with E-state index in [9.17, 15) is 19.2 Å². The van der Waals surface area contributed by atoms with Crippen molar-refractivity contribution >= 4 is 23.6 Å². The topological polar surface area (TPSA) is 90.5 Å². The number of morpholine rings is 1. The van der Waals surface area contributed by atoms with Crippen molar-refractivity contribution in [1.82, 2.24) is 19.6 Å². The van der Waals surface area contributed by atoms with Crippen LogP contribution < -0.4 is 0 Å². The third kappa shape index (κ3) is 4.71. The second-order valence-corrected chi connectivity index (χ2v) is 8.93. The normalized spacial score (nSPS) is 23.3. The summed E-state index contributed by atoms with van der Waals surface area (Å²) in [5, 5.41) is 0. The number of carbonyl (C=O) groups excluding carboxylic acids is 4. The van der Waals surface area contributed by atoms with Gasteiger partial charge in [0.15, 0.2) is 0 Å². The summed E-state index contributed by atoms with van der Waals surface area (Å²) in [6, 6.07) is -0.418. The summed E-state index contributed by atoms with van der Waals surface area (Å²) in [5.41, 5.74) is -0.520. The fourth-order valence-electron chi connectivity index (χ4n) is 4.07. The number of carbonyl (C=O) groups is 4. The van der Waals surface area contributed by atoms with Crippen LogP contribution in [-0.4, -0.2) is 108 Å². The van der Waals surface area contributed by atoms with Crippen LogP contribution in [0.3, 0.4) is 0 Å². The van der Waals surface area contributed by atoms with Gasteiger partial charge in [0.2, 0.25) is 11.8 Å². The third-order valence-corrected chi connectivity index (χ3v) is 5.80. The summed E-state index contributed by atoms with van der Waals surface area (Å²) in [6.07, 6.45) is 1.50. The number of amides is 4. The van der Waals surface area contributed by atoms with Crippen molar-refractivity contribution in [2.45, 2.75) is 39.7 Å². The van der Waals surface area contributed by atoms with E-state index in [0.717, 1.165) is 6.42 Å². The van der Waals surface area contributed by atoms with Crippen molar-refractivity contribution in [1.29, 1.82) is 0 Å². The Hall–Kier alpha value is -2.16. The first-order chi connectivity index (χ1) is 13.7. The molecule has 3 aliphatic rings. The molecule has 162 valence electrons. The van der Waals surface area contributed by atoms with Crippen molar-refractivity contribution in [2.24, 2.45) is 5.41 Å². The van der Waals surface area contributed by atoms with Crippen LogP contribution in [0.4, 0.5) is 0 Å². The molecule has 0 saturated carbocycles. The Labute approximate surface area is 171 Å². The van der Waals surface area contributed by atoms with Crippen LogP contribution in [0.1, 0.15) is 33.6 Å². The molecule has 0 radical (unpaired) electrons. The van der Waals surface area contributed by atoms with Crippen molar-refractivity contribution in [3.05, 3.63) is 0 Å². The van der Waals surface area contributed by atoms with E-state index >= 15 is 0 Å². The lowest BCUT2D eigenvalue weighted by Crippen LogP contribution is -2.58. The summed E-state index contributed by atoms with van der Waals surface area (Å²) in [4.78, 5) is 57.1. The van der Waals surface area contributed by atoms with Crippen LogP contribution in [-0.2, 0) is 23.9 Å². The molecule has 9 heteroatoms. The minimum absolute atomic E-state index is 0.00160. The predicted molar refractivity (Wildman–Crippen MR) is 105 cm³/mol. The number of hydrogen-bond donors (Lipinski definition) is 0. The molecule has 3 fully saturated rings. The molecule has 3 saturated heterocycles. The van der Waals surface area contributed by atoms with E-state index < -0.39 is 23.3 Å². The van der Waals surface area contributed by atoms with E-state index in [1.807, 2.05) is 20.8 Å². The molecule has 0 N–H and O–H groups in total. The zero-order chi connectivity index (χ0) is 21.2. The molecule has 0 spiro atoms. The van der Waals surface area contributed by atoms with Crippen LogP contribution in [0.5, 0.6) is 0 Å². The van der Waals surface area contributed by atoms with E-state index in [2.05, 4.69) is 0 Å². The molecule has 1 atom stereocenters. The molecular weight excluding hydrogens is 376 g/mol. The summed E-state index contributed by atoms with van der Waals surface area (Å²) < 4.78 is 5.22. The standard InChI is InChI=1S/C20H32N4O5/c1-20(2,3)19(28)24-6-4-5-15(24)16(25)21-7-9-22(10-8-21)17(26)18(27)23-11-13-29-14-12-23/h15H,4-14H2,1-3H3. The molecule has 3 rings (SSSR count). The lowest BCUT2D eigenvalue weighted by Gasteiger charge is -2.38. The third-order valence-electron chi connectivity index (χ3n) is 5.80. The summed E-state index contributed by atoms with van der Waals surface area (Å²) in [6.45, 7) is 9.41. The average molecular weight is 408 g/mol. The molecule has 9 nitrogen and oxygen atoms in total. The van der Waals surface area contributed by atoms with Gasteiger partial charge >= 0.3 is 11.8 Å². The Morgan fingerprint density at radius 2 is 1.28 bits per heavy atom. The van der Waals surface area contributed by atoms with E-state index in [0.29, 0.717) is 65.4 Å². The van der Waals surface area contributed by atoms with E-state index in [4.69, 9.17) is 4.74 Å². The van der Waals surface area contributed by atoms with Gasteiger partial charge in [0.1, 0.15) is 6.04 Å². The minimum atomic E-state index is -0.520. The fourth-order valence-corrected chi connectivity index (χ4v) is 4.07. The predicted octanol–water partition coefficient (Wildman–Crippen LogP) is -0.447.